The molecule has 3 N–H and O–H groups in total. The number of nitrogens with zero attached hydrogens (tertiary/aromatic N) is 2. The number of esters is 1. The number of amides is 1. The number of nitrogen functional groups attached to an aromatic ring is 1. The summed E-state index contributed by atoms with van der Waals surface area (Å²) in [6, 6.07) is 6.20. The van der Waals surface area contributed by atoms with Gasteiger partial charge in [-0.3, -0.25) is 14.9 Å². The van der Waals surface area contributed by atoms with Crippen molar-refractivity contribution in [2.45, 2.75) is 6.18 Å². The van der Waals surface area contributed by atoms with Gasteiger partial charge in [0.2, 0.25) is 0 Å². The summed E-state index contributed by atoms with van der Waals surface area (Å²) in [6.45, 7) is 0.758. The number of benzene rings is 2. The summed E-state index contributed by atoms with van der Waals surface area (Å²) in [4.78, 5) is 36.4. The number of hydrogen-bond acceptors (Lipinski definition) is 8. The van der Waals surface area contributed by atoms with Crippen LogP contribution < -0.4 is 16.0 Å². The number of ether oxygens (including phenoxy) is 2. The highest BCUT2D eigenvalue weighted by Crippen LogP contribution is 2.35. The van der Waals surface area contributed by atoms with Crippen LogP contribution in [0.2, 0.25) is 0 Å². The van der Waals surface area contributed by atoms with Gasteiger partial charge in [0.1, 0.15) is 5.69 Å². The molecule has 2 aromatic carbocycles. The van der Waals surface area contributed by atoms with E-state index in [1.807, 2.05) is 0 Å². The van der Waals surface area contributed by atoms with Gasteiger partial charge in [0.15, 0.2) is 6.61 Å². The molecule has 0 radical (unpaired) electrons. The average molecular weight is 468 g/mol. The van der Waals surface area contributed by atoms with E-state index in [4.69, 9.17) is 15.2 Å². The number of carbonyl (C=O) groups excluding carboxylic acids is 2. The van der Waals surface area contributed by atoms with E-state index >= 15 is 0 Å². The van der Waals surface area contributed by atoms with Gasteiger partial charge in [0, 0.05) is 19.2 Å². The second-order valence-corrected chi connectivity index (χ2v) is 6.98. The minimum Gasteiger partial charge on any atom is -0.452 e. The fourth-order valence-electron chi connectivity index (χ4n) is 3.12. The van der Waals surface area contributed by atoms with Crippen LogP contribution in [0.5, 0.6) is 0 Å². The number of nitro groups is 1. The van der Waals surface area contributed by atoms with Crippen LogP contribution in [0.3, 0.4) is 0 Å². The van der Waals surface area contributed by atoms with Crippen molar-refractivity contribution >= 4 is 34.6 Å². The molecule has 0 unspecified atom stereocenters. The third-order valence-electron chi connectivity index (χ3n) is 4.75. The minimum atomic E-state index is -4.63. The zero-order valence-corrected chi connectivity index (χ0v) is 17.1. The van der Waals surface area contributed by atoms with Gasteiger partial charge in [0.05, 0.1) is 40.6 Å². The first kappa shape index (κ1) is 23.8. The van der Waals surface area contributed by atoms with Crippen LogP contribution in [0.25, 0.3) is 0 Å². The minimum absolute atomic E-state index is 0.101. The van der Waals surface area contributed by atoms with E-state index in [9.17, 15) is 32.9 Å². The Hall–Kier alpha value is -3.87. The fraction of sp³-hybridized carbons (Fsp3) is 0.300. The zero-order valence-electron chi connectivity index (χ0n) is 17.1. The quantitative estimate of drug-likeness (QED) is 0.286. The molecule has 2 aromatic rings. The number of nitrogens with two attached hydrogens (primary N) is 1. The van der Waals surface area contributed by atoms with Gasteiger partial charge in [-0.1, -0.05) is 0 Å². The maximum Gasteiger partial charge on any atom is 0.416 e. The summed E-state index contributed by atoms with van der Waals surface area (Å²) < 4.78 is 49.6. The van der Waals surface area contributed by atoms with E-state index in [-0.39, 0.29) is 16.9 Å². The number of halogens is 3. The summed E-state index contributed by atoms with van der Waals surface area (Å²) in [7, 11) is 0. The Morgan fingerprint density at radius 1 is 1.18 bits per heavy atom. The normalized spacial score (nSPS) is 14.0. The largest absolute Gasteiger partial charge is 0.452 e. The topological polar surface area (TPSA) is 137 Å². The average Bonchev–Trinajstić information content (AvgIpc) is 2.77. The van der Waals surface area contributed by atoms with E-state index in [1.54, 1.807) is 4.90 Å². The highest BCUT2D eigenvalue weighted by Gasteiger charge is 2.32. The molecule has 10 nitrogen and oxygen atoms in total. The second kappa shape index (κ2) is 9.73. The predicted molar refractivity (Wildman–Crippen MR) is 111 cm³/mol. The van der Waals surface area contributed by atoms with E-state index in [2.05, 4.69) is 5.32 Å². The number of morpholine rings is 1. The van der Waals surface area contributed by atoms with Gasteiger partial charge >= 0.3 is 12.1 Å². The van der Waals surface area contributed by atoms with Crippen molar-refractivity contribution in [2.24, 2.45) is 0 Å². The molecule has 0 atom stereocenters. The molecular weight excluding hydrogens is 449 g/mol. The summed E-state index contributed by atoms with van der Waals surface area (Å²) in [5.74, 6) is -1.92. The number of carbonyl (C=O) groups is 2. The monoisotopic (exact) mass is 468 g/mol. The molecule has 33 heavy (non-hydrogen) atoms. The first-order valence-electron chi connectivity index (χ1n) is 9.61. The van der Waals surface area contributed by atoms with Crippen LogP contribution in [0.4, 0.5) is 35.9 Å². The van der Waals surface area contributed by atoms with E-state index in [0.717, 1.165) is 24.3 Å². The van der Waals surface area contributed by atoms with Gasteiger partial charge in [-0.2, -0.15) is 13.2 Å². The molecule has 3 rings (SSSR count). The first-order valence-corrected chi connectivity index (χ1v) is 9.61. The van der Waals surface area contributed by atoms with Crippen LogP contribution in [0.1, 0.15) is 15.9 Å². The van der Waals surface area contributed by atoms with E-state index in [0.29, 0.717) is 32.0 Å². The molecule has 1 fully saturated rings. The molecule has 0 spiro atoms. The molecule has 13 heteroatoms. The van der Waals surface area contributed by atoms with Crippen molar-refractivity contribution in [3.05, 3.63) is 57.6 Å². The lowest BCUT2D eigenvalue weighted by atomic mass is 10.1. The lowest BCUT2D eigenvalue weighted by Gasteiger charge is -2.31. The second-order valence-electron chi connectivity index (χ2n) is 6.98. The van der Waals surface area contributed by atoms with E-state index in [1.165, 1.54) is 12.1 Å². The van der Waals surface area contributed by atoms with Gasteiger partial charge in [0.25, 0.3) is 11.6 Å². The number of alkyl halides is 3. The SMILES string of the molecule is Nc1ccc(C(=O)OCC(=O)Nc2cc(C(F)(F)F)ccc2N2CCOCC2)cc1[N+](=O)[O-]. The highest BCUT2D eigenvalue weighted by atomic mass is 19.4. The number of nitrogens with one attached hydrogen (secondary N) is 1. The van der Waals surface area contributed by atoms with Crippen LogP contribution >= 0.6 is 0 Å². The standard InChI is InChI=1S/C20H19F3N4O6/c21-20(22,23)13-2-4-16(26-5-7-32-8-6-26)15(10-13)25-18(28)11-33-19(29)12-1-3-14(24)17(9-12)27(30)31/h1-4,9-10H,5-8,11,24H2,(H,25,28). The third-order valence-corrected chi connectivity index (χ3v) is 4.75. The van der Waals surface area contributed by atoms with Crippen LogP contribution in [-0.4, -0.2) is 49.7 Å². The van der Waals surface area contributed by atoms with Crippen molar-refractivity contribution in [1.29, 1.82) is 0 Å². The maximum absolute atomic E-state index is 13.2. The van der Waals surface area contributed by atoms with Gasteiger partial charge in [-0.15, -0.1) is 0 Å². The predicted octanol–water partition coefficient (Wildman–Crippen LogP) is 2.83. The maximum atomic E-state index is 13.2. The Kier molecular flexibility index (Phi) is 7.01. The van der Waals surface area contributed by atoms with Gasteiger partial charge in [-0.25, -0.2) is 4.79 Å². The Morgan fingerprint density at radius 2 is 1.88 bits per heavy atom. The number of anilines is 3. The molecule has 0 bridgehead atoms. The fourth-order valence-corrected chi connectivity index (χ4v) is 3.12. The summed E-state index contributed by atoms with van der Waals surface area (Å²) in [5.41, 5.74) is 3.89. The van der Waals surface area contributed by atoms with Crippen LogP contribution in [-0.2, 0) is 20.4 Å². The molecule has 0 aromatic heterocycles. The number of nitro benzene ring substituents is 1. The molecular formula is C20H19F3N4O6. The third kappa shape index (κ3) is 5.88. The molecule has 1 aliphatic rings. The van der Waals surface area contributed by atoms with Crippen molar-refractivity contribution in [2.75, 3.05) is 48.9 Å². The van der Waals surface area contributed by atoms with Crippen molar-refractivity contribution in [1.82, 2.24) is 0 Å². The number of hydrogen-bond donors (Lipinski definition) is 2. The highest BCUT2D eigenvalue weighted by molar-refractivity contribution is 5.98. The Morgan fingerprint density at radius 3 is 2.52 bits per heavy atom. The van der Waals surface area contributed by atoms with Gasteiger partial charge < -0.3 is 25.4 Å². The molecule has 1 saturated heterocycles. The van der Waals surface area contributed by atoms with E-state index < -0.39 is 40.8 Å². The molecule has 1 heterocycles. The zero-order chi connectivity index (χ0) is 24.2. The lowest BCUT2D eigenvalue weighted by Crippen LogP contribution is -2.37. The lowest BCUT2D eigenvalue weighted by molar-refractivity contribution is -0.383. The Bertz CT molecular complexity index is 1070. The Balaban J connectivity index is 1.73. The molecule has 1 amide bonds. The van der Waals surface area contributed by atoms with Crippen molar-refractivity contribution < 1.29 is 37.2 Å². The summed E-state index contributed by atoms with van der Waals surface area (Å²) >= 11 is 0. The van der Waals surface area contributed by atoms with Crippen molar-refractivity contribution in [3.63, 3.8) is 0 Å². The molecule has 0 aliphatic carbocycles. The molecule has 1 aliphatic heterocycles. The Labute approximate surface area is 185 Å². The molecule has 0 saturated carbocycles. The van der Waals surface area contributed by atoms with Crippen LogP contribution in [0.15, 0.2) is 36.4 Å². The van der Waals surface area contributed by atoms with Gasteiger partial charge in [-0.05, 0) is 30.3 Å². The first-order chi connectivity index (χ1) is 15.6. The van der Waals surface area contributed by atoms with Crippen molar-refractivity contribution in [3.8, 4) is 0 Å². The van der Waals surface area contributed by atoms with Crippen LogP contribution in [0, 0.1) is 10.1 Å². The molecule has 176 valence electrons. The summed E-state index contributed by atoms with van der Waals surface area (Å²) in [6.07, 6.45) is -4.63. The number of rotatable bonds is 6. The summed E-state index contributed by atoms with van der Waals surface area (Å²) in [5, 5.41) is 13.3. The smallest absolute Gasteiger partial charge is 0.416 e.